The number of fused-ring (bicyclic) bond motifs is 3. The van der Waals surface area contributed by atoms with Crippen LogP contribution in [-0.4, -0.2) is 0 Å². The Morgan fingerprint density at radius 1 is 0.242 bits per heavy atom. The minimum absolute atomic E-state index is 0.0519. The molecule has 0 saturated heterocycles. The normalized spacial score (nSPS) is 12.7. The van der Waals surface area contributed by atoms with E-state index < -0.39 is 0 Å². The summed E-state index contributed by atoms with van der Waals surface area (Å²) in [4.78, 5) is 0. The van der Waals surface area contributed by atoms with Crippen molar-refractivity contribution < 1.29 is 0 Å². The molecule has 0 fully saturated rings. The van der Waals surface area contributed by atoms with Crippen molar-refractivity contribution in [1.29, 1.82) is 0 Å². The molecule has 0 aliphatic carbocycles. The van der Waals surface area contributed by atoms with Gasteiger partial charge in [0.05, 0.1) is 0 Å². The standard InChI is InChI=1S/C66H50/c1-65(2,3)48-26-17-39(18-27-48)57-38-58-47(37-59(57)52-31-22-46-16-14-41-10-8-12-43-24-33-56(52)64(46)61(41)43)25-34-53-51(58)35-36-54(62(53)44-19-28-49(29-20-44)66(4,5)6)50-30-21-45-15-13-40-9-7-11-42-23-32-55(50)63(45)60(40)42/h7-38H,1-6H3. The highest BCUT2D eigenvalue weighted by Crippen LogP contribution is 2.48. The van der Waals surface area contributed by atoms with Crippen molar-refractivity contribution in [3.63, 3.8) is 0 Å². The summed E-state index contributed by atoms with van der Waals surface area (Å²) in [6, 6.07) is 74.5. The third-order valence-electron chi connectivity index (χ3n) is 14.9. The highest BCUT2D eigenvalue weighted by Gasteiger charge is 2.22. The fourth-order valence-electron chi connectivity index (χ4n) is 11.4. The van der Waals surface area contributed by atoms with Gasteiger partial charge in [0.1, 0.15) is 0 Å². The highest BCUT2D eigenvalue weighted by molar-refractivity contribution is 6.28. The lowest BCUT2D eigenvalue weighted by Crippen LogP contribution is -2.10. The van der Waals surface area contributed by atoms with Crippen molar-refractivity contribution in [2.24, 2.45) is 0 Å². The van der Waals surface area contributed by atoms with Crippen LogP contribution in [0.15, 0.2) is 194 Å². The Morgan fingerprint density at radius 2 is 0.636 bits per heavy atom. The summed E-state index contributed by atoms with van der Waals surface area (Å²) in [5.41, 5.74) is 12.8. The Kier molecular flexibility index (Phi) is 8.24. The second-order valence-electron chi connectivity index (χ2n) is 20.9. The molecule has 0 bridgehead atoms. The summed E-state index contributed by atoms with van der Waals surface area (Å²) in [5.74, 6) is 0. The van der Waals surface area contributed by atoms with Crippen LogP contribution in [0, 0.1) is 0 Å². The molecular formula is C66H50. The van der Waals surface area contributed by atoms with Crippen LogP contribution < -0.4 is 0 Å². The van der Waals surface area contributed by atoms with Gasteiger partial charge in [0.25, 0.3) is 0 Å². The molecule has 13 aromatic carbocycles. The van der Waals surface area contributed by atoms with Crippen LogP contribution in [0.3, 0.4) is 0 Å². The zero-order valence-electron chi connectivity index (χ0n) is 38.5. The van der Waals surface area contributed by atoms with E-state index in [4.69, 9.17) is 0 Å². The van der Waals surface area contributed by atoms with Crippen LogP contribution in [-0.2, 0) is 10.8 Å². The molecule has 0 heterocycles. The lowest BCUT2D eigenvalue weighted by Gasteiger charge is -2.22. The second-order valence-corrected chi connectivity index (χ2v) is 20.9. The predicted molar refractivity (Wildman–Crippen MR) is 288 cm³/mol. The Balaban J connectivity index is 1.10. The van der Waals surface area contributed by atoms with E-state index in [1.165, 1.54) is 142 Å². The van der Waals surface area contributed by atoms with Crippen LogP contribution in [0.25, 0.3) is 131 Å². The van der Waals surface area contributed by atoms with Gasteiger partial charge in [0, 0.05) is 0 Å². The van der Waals surface area contributed by atoms with Gasteiger partial charge in [-0.1, -0.05) is 224 Å². The summed E-state index contributed by atoms with van der Waals surface area (Å²) in [6.45, 7) is 13.8. The third kappa shape index (κ3) is 5.84. The molecule has 0 aromatic heterocycles. The molecule has 314 valence electrons. The molecule has 0 N–H and O–H groups in total. The minimum atomic E-state index is 0.0519. The van der Waals surface area contributed by atoms with Gasteiger partial charge < -0.3 is 0 Å². The Hall–Kier alpha value is -7.54. The molecule has 13 aromatic rings. The molecule has 13 rings (SSSR count). The Morgan fingerprint density at radius 3 is 1.15 bits per heavy atom. The zero-order chi connectivity index (χ0) is 44.6. The van der Waals surface area contributed by atoms with Crippen LogP contribution in [0.1, 0.15) is 52.7 Å². The molecule has 0 amide bonds. The van der Waals surface area contributed by atoms with Crippen molar-refractivity contribution in [3.8, 4) is 44.5 Å². The van der Waals surface area contributed by atoms with Crippen molar-refractivity contribution >= 4 is 86.2 Å². The molecule has 0 aliphatic heterocycles. The van der Waals surface area contributed by atoms with Gasteiger partial charge in [-0.25, -0.2) is 0 Å². The molecule has 0 saturated carbocycles. The monoisotopic (exact) mass is 842 g/mol. The summed E-state index contributed by atoms with van der Waals surface area (Å²) in [5, 5.41) is 20.7. The molecule has 0 atom stereocenters. The Labute approximate surface area is 386 Å². The van der Waals surface area contributed by atoms with Crippen LogP contribution in [0.2, 0.25) is 0 Å². The number of hydrogen-bond acceptors (Lipinski definition) is 0. The summed E-state index contributed by atoms with van der Waals surface area (Å²) in [6.07, 6.45) is 0. The maximum atomic E-state index is 2.50. The van der Waals surface area contributed by atoms with Crippen molar-refractivity contribution in [2.75, 3.05) is 0 Å². The van der Waals surface area contributed by atoms with Crippen LogP contribution in [0.4, 0.5) is 0 Å². The van der Waals surface area contributed by atoms with E-state index >= 15 is 0 Å². The lowest BCUT2D eigenvalue weighted by atomic mass is 9.82. The molecule has 0 spiro atoms. The topological polar surface area (TPSA) is 0 Å². The first-order valence-electron chi connectivity index (χ1n) is 23.6. The van der Waals surface area contributed by atoms with E-state index in [2.05, 4.69) is 236 Å². The lowest BCUT2D eigenvalue weighted by molar-refractivity contribution is 0.590. The molecule has 0 unspecified atom stereocenters. The fourth-order valence-corrected chi connectivity index (χ4v) is 11.4. The highest BCUT2D eigenvalue weighted by atomic mass is 14.3. The smallest absolute Gasteiger partial charge is 0.00206 e. The predicted octanol–water partition coefficient (Wildman–Crippen LogP) is 19.1. The van der Waals surface area contributed by atoms with Gasteiger partial charge in [-0.2, -0.15) is 0 Å². The SMILES string of the molecule is CC(C)(C)c1ccc(-c2cc3c(ccc4c(-c5ccc(C(C)(C)C)cc5)c(-c5ccc6ccc7cccc8ccc5c6c78)ccc43)cc2-c2ccc3ccc4cccc5ccc2c3c45)cc1. The van der Waals surface area contributed by atoms with E-state index in [0.717, 1.165) is 0 Å². The first-order valence-corrected chi connectivity index (χ1v) is 23.6. The van der Waals surface area contributed by atoms with Gasteiger partial charge >= 0.3 is 0 Å². The van der Waals surface area contributed by atoms with Crippen LogP contribution >= 0.6 is 0 Å². The van der Waals surface area contributed by atoms with E-state index in [-0.39, 0.29) is 10.8 Å². The zero-order valence-corrected chi connectivity index (χ0v) is 38.5. The van der Waals surface area contributed by atoms with Crippen molar-refractivity contribution in [1.82, 2.24) is 0 Å². The number of rotatable bonds is 4. The average molecular weight is 843 g/mol. The summed E-state index contributed by atoms with van der Waals surface area (Å²) in [7, 11) is 0. The quantitative estimate of drug-likeness (QED) is 0.155. The van der Waals surface area contributed by atoms with Crippen molar-refractivity contribution in [3.05, 3.63) is 205 Å². The first-order chi connectivity index (χ1) is 32.0. The van der Waals surface area contributed by atoms with Gasteiger partial charge in [0.2, 0.25) is 0 Å². The number of benzene rings is 13. The molecule has 0 heteroatoms. The first kappa shape index (κ1) is 38.9. The average Bonchev–Trinajstić information content (AvgIpc) is 3.33. The van der Waals surface area contributed by atoms with E-state index in [1.807, 2.05) is 0 Å². The van der Waals surface area contributed by atoms with E-state index in [0.29, 0.717) is 0 Å². The number of hydrogen-bond donors (Lipinski definition) is 0. The van der Waals surface area contributed by atoms with Gasteiger partial charge in [-0.15, -0.1) is 0 Å². The summed E-state index contributed by atoms with van der Waals surface area (Å²) >= 11 is 0. The Bertz CT molecular complexity index is 3900. The molecule has 0 nitrogen and oxygen atoms in total. The van der Waals surface area contributed by atoms with Crippen molar-refractivity contribution in [2.45, 2.75) is 52.4 Å². The third-order valence-corrected chi connectivity index (χ3v) is 14.9. The van der Waals surface area contributed by atoms with Crippen LogP contribution in [0.5, 0.6) is 0 Å². The largest absolute Gasteiger partial charge is 0.0610 e. The van der Waals surface area contributed by atoms with E-state index in [1.54, 1.807) is 0 Å². The van der Waals surface area contributed by atoms with Gasteiger partial charge in [-0.3, -0.25) is 0 Å². The molecular weight excluding hydrogens is 793 g/mol. The molecule has 0 aliphatic rings. The second kappa shape index (κ2) is 14.0. The van der Waals surface area contributed by atoms with E-state index in [9.17, 15) is 0 Å². The molecule has 66 heavy (non-hydrogen) atoms. The summed E-state index contributed by atoms with van der Waals surface area (Å²) < 4.78 is 0. The maximum absolute atomic E-state index is 2.50. The fraction of sp³-hybridized carbons (Fsp3) is 0.121. The van der Waals surface area contributed by atoms with Gasteiger partial charge in [0.15, 0.2) is 0 Å². The minimum Gasteiger partial charge on any atom is -0.0610 e. The molecule has 0 radical (unpaired) electrons. The van der Waals surface area contributed by atoms with Gasteiger partial charge in [-0.05, 0) is 165 Å². The maximum Gasteiger partial charge on any atom is -0.00206 e.